The number of benzene rings is 2. The summed E-state index contributed by atoms with van der Waals surface area (Å²) in [5, 5.41) is 14.7. The van der Waals surface area contributed by atoms with Crippen molar-refractivity contribution in [2.24, 2.45) is 0 Å². The second-order valence-corrected chi connectivity index (χ2v) is 10.7. The monoisotopic (exact) mass is 564 g/mol. The van der Waals surface area contributed by atoms with Crippen molar-refractivity contribution in [3.05, 3.63) is 83.1 Å². The summed E-state index contributed by atoms with van der Waals surface area (Å²) in [5.41, 5.74) is 3.71. The predicted molar refractivity (Wildman–Crippen MR) is 161 cm³/mol. The summed E-state index contributed by atoms with van der Waals surface area (Å²) in [4.78, 5) is 28.0. The molecule has 0 radical (unpaired) electrons. The molecule has 3 heterocycles. The molecular weight excluding hydrogens is 528 g/mol. The fraction of sp³-hybridized carbons (Fsp3) is 0.353. The molecular formula is C34H36N4O4. The molecule has 2 aromatic carbocycles. The van der Waals surface area contributed by atoms with Gasteiger partial charge in [0.15, 0.2) is 0 Å². The minimum absolute atomic E-state index is 0.0312. The summed E-state index contributed by atoms with van der Waals surface area (Å²) in [6.07, 6.45) is 9.60. The Labute approximate surface area is 246 Å². The van der Waals surface area contributed by atoms with Crippen LogP contribution in [-0.2, 0) is 14.3 Å². The highest BCUT2D eigenvalue weighted by Crippen LogP contribution is 2.32. The number of nitriles is 1. The molecule has 8 heteroatoms. The van der Waals surface area contributed by atoms with E-state index < -0.39 is 11.8 Å². The van der Waals surface area contributed by atoms with Gasteiger partial charge in [-0.05, 0) is 74.2 Å². The number of hydrogen-bond acceptors (Lipinski definition) is 6. The van der Waals surface area contributed by atoms with Crippen molar-refractivity contribution in [3.8, 4) is 28.8 Å². The van der Waals surface area contributed by atoms with E-state index in [1.807, 2.05) is 66.9 Å². The van der Waals surface area contributed by atoms with Gasteiger partial charge in [-0.3, -0.25) is 14.5 Å². The normalized spacial score (nSPS) is 18.2. The first-order valence-electron chi connectivity index (χ1n) is 14.7. The lowest BCUT2D eigenvalue weighted by atomic mass is 9.93. The molecule has 5 rings (SSSR count). The minimum atomic E-state index is -0.571. The zero-order chi connectivity index (χ0) is 29.5. The van der Waals surface area contributed by atoms with Crippen LogP contribution in [-0.4, -0.2) is 52.4 Å². The van der Waals surface area contributed by atoms with E-state index in [1.165, 1.54) is 12.8 Å². The quantitative estimate of drug-likeness (QED) is 0.155. The smallest absolute Gasteiger partial charge is 0.271 e. The highest BCUT2D eigenvalue weighted by atomic mass is 16.5. The second-order valence-electron chi connectivity index (χ2n) is 10.7. The van der Waals surface area contributed by atoms with Crippen molar-refractivity contribution in [2.75, 3.05) is 19.8 Å². The standard InChI is InChI=1S/C34H36N4O4/c1-3-4-5-9-18-41-28-16-14-25(15-17-28)32-26(22-38(36-32)27-11-7-6-8-12-27)20-30-24(2)31(21-35)34(40)37(33(30)39)23-29-13-10-19-42-29/h6-8,11-12,14-17,20,22,29H,3-5,9-10,13,18-19,23H2,1-2H3/b30-20+. The first-order valence-corrected chi connectivity index (χ1v) is 14.7. The number of ether oxygens (including phenoxy) is 2. The van der Waals surface area contributed by atoms with Crippen molar-refractivity contribution in [3.63, 3.8) is 0 Å². The van der Waals surface area contributed by atoms with Crippen LogP contribution in [0.5, 0.6) is 5.75 Å². The van der Waals surface area contributed by atoms with E-state index in [1.54, 1.807) is 17.7 Å². The molecule has 0 aliphatic carbocycles. The van der Waals surface area contributed by atoms with Gasteiger partial charge in [-0.2, -0.15) is 10.4 Å². The second kappa shape index (κ2) is 13.5. The van der Waals surface area contributed by atoms with Crippen LogP contribution in [0.3, 0.4) is 0 Å². The third kappa shape index (κ3) is 6.37. The van der Waals surface area contributed by atoms with Gasteiger partial charge in [0.25, 0.3) is 11.8 Å². The number of nitrogens with zero attached hydrogens (tertiary/aromatic N) is 4. The molecule has 0 saturated carbocycles. The van der Waals surface area contributed by atoms with Gasteiger partial charge in [0.05, 0.1) is 30.6 Å². The number of unbranched alkanes of at least 4 members (excludes halogenated alkanes) is 3. The lowest BCUT2D eigenvalue weighted by molar-refractivity contribution is -0.142. The van der Waals surface area contributed by atoms with Crippen LogP contribution in [0.15, 0.2) is 77.5 Å². The van der Waals surface area contributed by atoms with Gasteiger partial charge in [0.1, 0.15) is 17.4 Å². The third-order valence-electron chi connectivity index (χ3n) is 7.69. The molecule has 2 amide bonds. The summed E-state index contributed by atoms with van der Waals surface area (Å²) in [7, 11) is 0. The van der Waals surface area contributed by atoms with Crippen molar-refractivity contribution >= 4 is 17.9 Å². The average Bonchev–Trinajstić information content (AvgIpc) is 3.69. The van der Waals surface area contributed by atoms with Crippen molar-refractivity contribution in [1.82, 2.24) is 14.7 Å². The highest BCUT2D eigenvalue weighted by molar-refractivity contribution is 6.19. The van der Waals surface area contributed by atoms with Crippen molar-refractivity contribution in [2.45, 2.75) is 58.5 Å². The lowest BCUT2D eigenvalue weighted by Crippen LogP contribution is -2.46. The topological polar surface area (TPSA) is 97.4 Å². The first kappa shape index (κ1) is 29.0. The molecule has 42 heavy (non-hydrogen) atoms. The zero-order valence-corrected chi connectivity index (χ0v) is 24.2. The summed E-state index contributed by atoms with van der Waals surface area (Å²) < 4.78 is 13.4. The molecule has 1 fully saturated rings. The fourth-order valence-electron chi connectivity index (χ4n) is 5.30. The number of carbonyl (C=O) groups is 2. The van der Waals surface area contributed by atoms with Gasteiger partial charge in [-0.15, -0.1) is 0 Å². The molecule has 0 N–H and O–H groups in total. The Kier molecular flexibility index (Phi) is 9.30. The molecule has 1 aromatic heterocycles. The summed E-state index contributed by atoms with van der Waals surface area (Å²) in [5.74, 6) is -0.212. The van der Waals surface area contributed by atoms with Crippen molar-refractivity contribution < 1.29 is 19.1 Å². The van der Waals surface area contributed by atoms with E-state index in [0.29, 0.717) is 35.6 Å². The van der Waals surface area contributed by atoms with Crippen molar-refractivity contribution in [1.29, 1.82) is 5.26 Å². The average molecular weight is 565 g/mol. The fourth-order valence-corrected chi connectivity index (χ4v) is 5.30. The van der Waals surface area contributed by atoms with Gasteiger partial charge in [-0.25, -0.2) is 4.68 Å². The number of amides is 2. The lowest BCUT2D eigenvalue weighted by Gasteiger charge is -2.29. The Morgan fingerprint density at radius 3 is 2.55 bits per heavy atom. The molecule has 3 aromatic rings. The predicted octanol–water partition coefficient (Wildman–Crippen LogP) is 6.27. The summed E-state index contributed by atoms with van der Waals surface area (Å²) in [6, 6.07) is 19.5. The molecule has 1 unspecified atom stereocenters. The Bertz CT molecular complexity index is 1520. The van der Waals surface area contributed by atoms with E-state index >= 15 is 0 Å². The molecule has 216 valence electrons. The molecule has 2 aliphatic heterocycles. The Morgan fingerprint density at radius 1 is 1.07 bits per heavy atom. The Hall–Kier alpha value is -4.48. The molecule has 1 atom stereocenters. The number of rotatable bonds is 11. The van der Waals surface area contributed by atoms with E-state index in [0.717, 1.165) is 47.6 Å². The van der Waals surface area contributed by atoms with E-state index in [2.05, 4.69) is 6.92 Å². The van der Waals surface area contributed by atoms with Crippen LogP contribution < -0.4 is 4.74 Å². The van der Waals surface area contributed by atoms with Crippen LogP contribution in [0.1, 0.15) is 57.9 Å². The zero-order valence-electron chi connectivity index (χ0n) is 24.2. The van der Waals surface area contributed by atoms with Crippen LogP contribution >= 0.6 is 0 Å². The van der Waals surface area contributed by atoms with E-state index in [9.17, 15) is 14.9 Å². The minimum Gasteiger partial charge on any atom is -0.494 e. The summed E-state index contributed by atoms with van der Waals surface area (Å²) >= 11 is 0. The Balaban J connectivity index is 1.51. The van der Waals surface area contributed by atoms with Gasteiger partial charge in [0.2, 0.25) is 0 Å². The maximum Gasteiger partial charge on any atom is 0.271 e. The van der Waals surface area contributed by atoms with Gasteiger partial charge < -0.3 is 9.47 Å². The molecule has 2 aliphatic rings. The van der Waals surface area contributed by atoms with Crippen LogP contribution in [0.4, 0.5) is 0 Å². The van der Waals surface area contributed by atoms with Gasteiger partial charge in [0, 0.05) is 29.5 Å². The first-order chi connectivity index (χ1) is 20.5. The van der Waals surface area contributed by atoms with Gasteiger partial charge in [-0.1, -0.05) is 44.4 Å². The molecule has 0 spiro atoms. The maximum atomic E-state index is 13.7. The number of carbonyl (C=O) groups excluding carboxylic acids is 2. The SMILES string of the molecule is CCCCCCOc1ccc(-c2nn(-c3ccccc3)cc2/C=C2/C(=O)N(CC3CCCO3)C(=O)C(C#N)=C2C)cc1. The highest BCUT2D eigenvalue weighted by Gasteiger charge is 2.37. The molecule has 0 bridgehead atoms. The maximum absolute atomic E-state index is 13.7. The van der Waals surface area contributed by atoms with Crippen LogP contribution in [0, 0.1) is 11.3 Å². The largest absolute Gasteiger partial charge is 0.494 e. The van der Waals surface area contributed by atoms with Crippen LogP contribution in [0.25, 0.3) is 23.0 Å². The Morgan fingerprint density at radius 2 is 1.86 bits per heavy atom. The molecule has 1 saturated heterocycles. The van der Waals surface area contributed by atoms with E-state index in [-0.39, 0.29) is 18.2 Å². The number of para-hydroxylation sites is 1. The van der Waals surface area contributed by atoms with Gasteiger partial charge >= 0.3 is 0 Å². The number of imide groups is 1. The van der Waals surface area contributed by atoms with Crippen LogP contribution in [0.2, 0.25) is 0 Å². The number of hydrogen-bond donors (Lipinski definition) is 0. The summed E-state index contributed by atoms with van der Waals surface area (Å²) in [6.45, 7) is 5.25. The van der Waals surface area contributed by atoms with E-state index in [4.69, 9.17) is 14.6 Å². The third-order valence-corrected chi connectivity index (χ3v) is 7.69. The molecule has 8 nitrogen and oxygen atoms in total. The number of aromatic nitrogens is 2.